The zero-order chi connectivity index (χ0) is 26.0. The molecule has 0 saturated heterocycles. The lowest BCUT2D eigenvalue weighted by Crippen LogP contribution is -2.07. The molecule has 0 bridgehead atoms. The number of anilines is 6. The summed E-state index contributed by atoms with van der Waals surface area (Å²) >= 11 is 0. The van der Waals surface area contributed by atoms with Gasteiger partial charge in [0.25, 0.3) is 0 Å². The molecule has 6 aromatic carbocycles. The molecule has 7 aromatic rings. The Hall–Kier alpha value is -5.49. The van der Waals surface area contributed by atoms with Crippen LogP contribution in [0.15, 0.2) is 127 Å². The van der Waals surface area contributed by atoms with Gasteiger partial charge in [0.2, 0.25) is 17.8 Å². The maximum absolute atomic E-state index is 4.74. The van der Waals surface area contributed by atoms with Crippen molar-refractivity contribution in [2.24, 2.45) is 0 Å². The Balaban J connectivity index is 1.29. The Bertz CT molecular complexity index is 1860. The third-order valence-electron chi connectivity index (χ3n) is 6.71. The Labute approximate surface area is 225 Å². The first-order chi connectivity index (χ1) is 19.3. The molecular formula is C33H24N6. The fraction of sp³-hybridized carbons (Fsp3) is 0. The summed E-state index contributed by atoms with van der Waals surface area (Å²) in [6.45, 7) is 0. The minimum Gasteiger partial charge on any atom is -0.324 e. The minimum absolute atomic E-state index is 0.436. The van der Waals surface area contributed by atoms with E-state index < -0.39 is 0 Å². The molecule has 3 N–H and O–H groups in total. The number of aromatic nitrogens is 3. The highest BCUT2D eigenvalue weighted by molar-refractivity contribution is 5.96. The molecule has 39 heavy (non-hydrogen) atoms. The topological polar surface area (TPSA) is 74.8 Å². The predicted octanol–water partition coefficient (Wildman–Crippen LogP) is 8.56. The Morgan fingerprint density at radius 3 is 1.41 bits per heavy atom. The quantitative estimate of drug-likeness (QED) is 0.211. The summed E-state index contributed by atoms with van der Waals surface area (Å²) in [5, 5.41) is 17.0. The number of benzene rings is 6. The Morgan fingerprint density at radius 2 is 0.821 bits per heavy atom. The summed E-state index contributed by atoms with van der Waals surface area (Å²) in [6, 6.07) is 43.2. The number of nitrogens with zero attached hydrogens (tertiary/aromatic N) is 3. The largest absolute Gasteiger partial charge is 0.324 e. The van der Waals surface area contributed by atoms with Crippen molar-refractivity contribution in [3.05, 3.63) is 127 Å². The zero-order valence-electron chi connectivity index (χ0n) is 21.0. The monoisotopic (exact) mass is 504 g/mol. The van der Waals surface area contributed by atoms with Crippen LogP contribution in [0.1, 0.15) is 0 Å². The standard InChI is InChI=1S/C33H24N6/c1-2-12-25-21-26(20-19-22(25)9-1)34-31-37-32(35-29-17-7-13-23-10-3-5-15-27(23)29)39-33(38-31)36-30-18-8-14-24-11-4-6-16-28(24)30/h1-21H,(H3,34,35,36,37,38,39). The molecule has 0 aliphatic rings. The predicted molar refractivity (Wildman–Crippen MR) is 162 cm³/mol. The molecule has 0 aliphatic heterocycles. The van der Waals surface area contributed by atoms with Gasteiger partial charge in [0.05, 0.1) is 0 Å². The zero-order valence-corrected chi connectivity index (χ0v) is 21.0. The molecule has 7 rings (SSSR count). The third-order valence-corrected chi connectivity index (χ3v) is 6.71. The lowest BCUT2D eigenvalue weighted by Gasteiger charge is -2.14. The molecule has 6 heteroatoms. The van der Waals surface area contributed by atoms with Gasteiger partial charge in [-0.15, -0.1) is 0 Å². The number of nitrogens with one attached hydrogen (secondary N) is 3. The number of hydrogen-bond donors (Lipinski definition) is 3. The molecular weight excluding hydrogens is 480 g/mol. The van der Waals surface area contributed by atoms with Gasteiger partial charge in [-0.05, 0) is 45.8 Å². The van der Waals surface area contributed by atoms with Crippen LogP contribution in [0.3, 0.4) is 0 Å². The van der Waals surface area contributed by atoms with E-state index in [0.29, 0.717) is 17.8 Å². The number of rotatable bonds is 6. The first kappa shape index (κ1) is 22.7. The lowest BCUT2D eigenvalue weighted by atomic mass is 10.1. The van der Waals surface area contributed by atoms with Gasteiger partial charge in [0.15, 0.2) is 0 Å². The fourth-order valence-electron chi connectivity index (χ4n) is 4.85. The Morgan fingerprint density at radius 1 is 0.359 bits per heavy atom. The molecule has 0 radical (unpaired) electrons. The smallest absolute Gasteiger partial charge is 0.233 e. The van der Waals surface area contributed by atoms with Crippen LogP contribution >= 0.6 is 0 Å². The van der Waals surface area contributed by atoms with Crippen LogP contribution in [0, 0.1) is 0 Å². The van der Waals surface area contributed by atoms with Crippen LogP contribution < -0.4 is 16.0 Å². The van der Waals surface area contributed by atoms with Crippen LogP contribution in [0.4, 0.5) is 34.9 Å². The van der Waals surface area contributed by atoms with Crippen molar-refractivity contribution in [1.29, 1.82) is 0 Å². The normalized spacial score (nSPS) is 11.1. The van der Waals surface area contributed by atoms with Gasteiger partial charge in [-0.2, -0.15) is 15.0 Å². The highest BCUT2D eigenvalue weighted by Crippen LogP contribution is 2.29. The lowest BCUT2D eigenvalue weighted by molar-refractivity contribution is 1.07. The molecule has 1 heterocycles. The summed E-state index contributed by atoms with van der Waals surface area (Å²) in [4.78, 5) is 14.2. The highest BCUT2D eigenvalue weighted by Gasteiger charge is 2.11. The summed E-state index contributed by atoms with van der Waals surface area (Å²) in [5.41, 5.74) is 2.74. The van der Waals surface area contributed by atoms with E-state index in [2.05, 4.69) is 76.6 Å². The van der Waals surface area contributed by atoms with Crippen LogP contribution in [0.2, 0.25) is 0 Å². The molecule has 0 aliphatic carbocycles. The van der Waals surface area contributed by atoms with E-state index in [1.54, 1.807) is 0 Å². The van der Waals surface area contributed by atoms with Crippen molar-refractivity contribution in [3.63, 3.8) is 0 Å². The van der Waals surface area contributed by atoms with E-state index in [4.69, 9.17) is 15.0 Å². The van der Waals surface area contributed by atoms with Gasteiger partial charge in [0.1, 0.15) is 0 Å². The molecule has 0 fully saturated rings. The molecule has 0 amide bonds. The number of hydrogen-bond acceptors (Lipinski definition) is 6. The highest BCUT2D eigenvalue weighted by atomic mass is 15.3. The molecule has 0 saturated carbocycles. The van der Waals surface area contributed by atoms with Crippen molar-refractivity contribution in [3.8, 4) is 0 Å². The second-order valence-electron chi connectivity index (χ2n) is 9.30. The maximum atomic E-state index is 4.74. The molecule has 0 atom stereocenters. The van der Waals surface area contributed by atoms with Crippen LogP contribution in [0.25, 0.3) is 32.3 Å². The second-order valence-corrected chi connectivity index (χ2v) is 9.30. The van der Waals surface area contributed by atoms with Crippen molar-refractivity contribution < 1.29 is 0 Å². The van der Waals surface area contributed by atoms with Crippen LogP contribution in [0.5, 0.6) is 0 Å². The molecule has 186 valence electrons. The van der Waals surface area contributed by atoms with Crippen molar-refractivity contribution in [2.45, 2.75) is 0 Å². The van der Waals surface area contributed by atoms with E-state index >= 15 is 0 Å². The van der Waals surface area contributed by atoms with E-state index in [0.717, 1.165) is 44.0 Å². The summed E-state index contributed by atoms with van der Waals surface area (Å²) < 4.78 is 0. The van der Waals surface area contributed by atoms with Crippen molar-refractivity contribution in [2.75, 3.05) is 16.0 Å². The first-order valence-corrected chi connectivity index (χ1v) is 12.8. The fourth-order valence-corrected chi connectivity index (χ4v) is 4.85. The summed E-state index contributed by atoms with van der Waals surface area (Å²) in [5.74, 6) is 1.31. The SMILES string of the molecule is c1ccc2cc(Nc3nc(Nc4cccc5ccccc45)nc(Nc4cccc5ccccc45)n3)ccc2c1. The van der Waals surface area contributed by atoms with Gasteiger partial charge in [0, 0.05) is 27.8 Å². The maximum Gasteiger partial charge on any atom is 0.233 e. The van der Waals surface area contributed by atoms with Crippen molar-refractivity contribution >= 4 is 67.2 Å². The van der Waals surface area contributed by atoms with E-state index in [9.17, 15) is 0 Å². The average molecular weight is 505 g/mol. The van der Waals surface area contributed by atoms with Gasteiger partial charge in [-0.3, -0.25) is 0 Å². The minimum atomic E-state index is 0.436. The van der Waals surface area contributed by atoms with Gasteiger partial charge < -0.3 is 16.0 Å². The van der Waals surface area contributed by atoms with E-state index in [-0.39, 0.29) is 0 Å². The second kappa shape index (κ2) is 9.76. The third kappa shape index (κ3) is 4.67. The van der Waals surface area contributed by atoms with Gasteiger partial charge in [-0.25, -0.2) is 0 Å². The van der Waals surface area contributed by atoms with E-state index in [1.165, 1.54) is 5.39 Å². The van der Waals surface area contributed by atoms with Crippen LogP contribution in [-0.2, 0) is 0 Å². The first-order valence-electron chi connectivity index (χ1n) is 12.8. The van der Waals surface area contributed by atoms with Crippen LogP contribution in [-0.4, -0.2) is 15.0 Å². The van der Waals surface area contributed by atoms with Gasteiger partial charge >= 0.3 is 0 Å². The van der Waals surface area contributed by atoms with Crippen molar-refractivity contribution in [1.82, 2.24) is 15.0 Å². The summed E-state index contributed by atoms with van der Waals surface area (Å²) in [6.07, 6.45) is 0. The molecule has 0 unspecified atom stereocenters. The number of fused-ring (bicyclic) bond motifs is 3. The summed E-state index contributed by atoms with van der Waals surface area (Å²) in [7, 11) is 0. The molecule has 6 nitrogen and oxygen atoms in total. The Kier molecular flexibility index (Phi) is 5.68. The molecule has 1 aromatic heterocycles. The average Bonchev–Trinajstić information content (AvgIpc) is 2.97. The van der Waals surface area contributed by atoms with E-state index in [1.807, 2.05) is 66.7 Å². The van der Waals surface area contributed by atoms with Gasteiger partial charge in [-0.1, -0.05) is 103 Å². The molecule has 0 spiro atoms.